The molecule has 0 aliphatic carbocycles. The lowest BCUT2D eigenvalue weighted by atomic mass is 10.0. The third kappa shape index (κ3) is 2.95. The molecule has 0 bridgehead atoms. The van der Waals surface area contributed by atoms with E-state index in [4.69, 9.17) is 0 Å². The number of aromatic nitrogens is 4. The van der Waals surface area contributed by atoms with Crippen LogP contribution in [0.5, 0.6) is 0 Å². The van der Waals surface area contributed by atoms with Crippen LogP contribution in [0.25, 0.3) is 11.1 Å². The Balaban J connectivity index is 1.77. The first kappa shape index (κ1) is 14.2. The number of benzene rings is 1. The fourth-order valence-electron chi connectivity index (χ4n) is 2.26. The van der Waals surface area contributed by atoms with Gasteiger partial charge in [-0.25, -0.2) is 9.07 Å². The molecule has 112 valence electrons. The summed E-state index contributed by atoms with van der Waals surface area (Å²) in [7, 11) is 1.80. The Hall–Kier alpha value is -2.76. The lowest BCUT2D eigenvalue weighted by Crippen LogP contribution is -2.07. The minimum atomic E-state index is -0.249. The van der Waals surface area contributed by atoms with Crippen LogP contribution in [0.3, 0.4) is 0 Å². The van der Waals surface area contributed by atoms with Gasteiger partial charge in [0.1, 0.15) is 11.6 Å². The van der Waals surface area contributed by atoms with Crippen molar-refractivity contribution < 1.29 is 4.39 Å². The van der Waals surface area contributed by atoms with Crippen LogP contribution in [-0.4, -0.2) is 19.7 Å². The minimum Gasteiger partial charge on any atom is -0.350 e. The monoisotopic (exact) mass is 297 g/mol. The van der Waals surface area contributed by atoms with Gasteiger partial charge in [0.05, 0.1) is 0 Å². The molecule has 3 aromatic rings. The normalized spacial score (nSPS) is 10.7. The topological polar surface area (TPSA) is 55.6 Å². The summed E-state index contributed by atoms with van der Waals surface area (Å²) in [5.74, 6) is 1.05. The quantitative estimate of drug-likeness (QED) is 0.804. The van der Waals surface area contributed by atoms with Crippen molar-refractivity contribution in [3.63, 3.8) is 0 Å². The molecular formula is C16H16FN5. The van der Waals surface area contributed by atoms with Crippen molar-refractivity contribution >= 4 is 5.95 Å². The summed E-state index contributed by atoms with van der Waals surface area (Å²) in [4.78, 5) is 8.20. The molecule has 0 spiro atoms. The lowest BCUT2D eigenvalue weighted by molar-refractivity contribution is 0.612. The van der Waals surface area contributed by atoms with E-state index < -0.39 is 0 Å². The highest BCUT2D eigenvalue weighted by molar-refractivity contribution is 5.63. The lowest BCUT2D eigenvalue weighted by Gasteiger charge is -2.08. The van der Waals surface area contributed by atoms with E-state index in [1.807, 2.05) is 25.1 Å². The molecule has 0 saturated heterocycles. The number of hydrogen-bond donors (Lipinski definition) is 1. The third-order valence-corrected chi connectivity index (χ3v) is 3.37. The first-order chi connectivity index (χ1) is 10.6. The molecule has 0 amide bonds. The Morgan fingerprint density at radius 1 is 1.14 bits per heavy atom. The standard InChI is InChI=1S/C16H16FN5/c1-11-20-16(22(2)21-11)19-10-14-4-3-13(9-15(14)17)12-5-7-18-8-6-12/h3-9H,10H2,1-2H3,(H,19,20,21). The molecular weight excluding hydrogens is 281 g/mol. The van der Waals surface area contributed by atoms with Gasteiger partial charge in [-0.1, -0.05) is 12.1 Å². The zero-order chi connectivity index (χ0) is 15.5. The van der Waals surface area contributed by atoms with Crippen molar-refractivity contribution in [2.24, 2.45) is 7.05 Å². The van der Waals surface area contributed by atoms with Crippen molar-refractivity contribution in [2.45, 2.75) is 13.5 Å². The molecule has 0 radical (unpaired) electrons. The molecule has 3 rings (SSSR count). The largest absolute Gasteiger partial charge is 0.350 e. The summed E-state index contributed by atoms with van der Waals surface area (Å²) in [5.41, 5.74) is 2.36. The molecule has 1 aromatic carbocycles. The minimum absolute atomic E-state index is 0.249. The summed E-state index contributed by atoms with van der Waals surface area (Å²) in [5, 5.41) is 7.23. The Morgan fingerprint density at radius 3 is 2.55 bits per heavy atom. The van der Waals surface area contributed by atoms with Crippen LogP contribution in [0.1, 0.15) is 11.4 Å². The summed E-state index contributed by atoms with van der Waals surface area (Å²) >= 11 is 0. The van der Waals surface area contributed by atoms with Crippen LogP contribution in [0.4, 0.5) is 10.3 Å². The second-order valence-corrected chi connectivity index (χ2v) is 5.00. The maximum Gasteiger partial charge on any atom is 0.221 e. The van der Waals surface area contributed by atoms with Crippen LogP contribution in [-0.2, 0) is 13.6 Å². The second kappa shape index (κ2) is 5.93. The molecule has 22 heavy (non-hydrogen) atoms. The van der Waals surface area contributed by atoms with Gasteiger partial charge in [-0.15, -0.1) is 0 Å². The number of rotatable bonds is 4. The van der Waals surface area contributed by atoms with Gasteiger partial charge in [0.15, 0.2) is 0 Å². The van der Waals surface area contributed by atoms with E-state index in [1.54, 1.807) is 30.2 Å². The first-order valence-corrected chi connectivity index (χ1v) is 6.94. The Bertz CT molecular complexity index is 782. The van der Waals surface area contributed by atoms with Crippen molar-refractivity contribution in [2.75, 3.05) is 5.32 Å². The van der Waals surface area contributed by atoms with E-state index in [-0.39, 0.29) is 5.82 Å². The number of pyridine rings is 1. The molecule has 2 heterocycles. The fourth-order valence-corrected chi connectivity index (χ4v) is 2.26. The van der Waals surface area contributed by atoms with Crippen molar-refractivity contribution in [3.8, 4) is 11.1 Å². The van der Waals surface area contributed by atoms with Gasteiger partial charge in [0, 0.05) is 31.5 Å². The molecule has 2 aromatic heterocycles. The van der Waals surface area contributed by atoms with Crippen LogP contribution in [0, 0.1) is 12.7 Å². The molecule has 0 unspecified atom stereocenters. The van der Waals surface area contributed by atoms with Gasteiger partial charge in [0.25, 0.3) is 0 Å². The number of hydrogen-bond acceptors (Lipinski definition) is 4. The fraction of sp³-hybridized carbons (Fsp3) is 0.188. The predicted octanol–water partition coefficient (Wildman–Crippen LogP) is 2.94. The van der Waals surface area contributed by atoms with Crippen molar-refractivity contribution in [1.82, 2.24) is 19.7 Å². The zero-order valence-corrected chi connectivity index (χ0v) is 12.4. The number of nitrogens with zero attached hydrogens (tertiary/aromatic N) is 4. The maximum absolute atomic E-state index is 14.2. The number of halogens is 1. The van der Waals surface area contributed by atoms with Gasteiger partial charge in [-0.3, -0.25) is 4.98 Å². The predicted molar refractivity (Wildman–Crippen MR) is 82.7 cm³/mol. The van der Waals surface area contributed by atoms with Crippen LogP contribution in [0.2, 0.25) is 0 Å². The zero-order valence-electron chi connectivity index (χ0n) is 12.4. The molecule has 0 aliphatic heterocycles. The summed E-state index contributed by atoms with van der Waals surface area (Å²) in [6.45, 7) is 2.17. The molecule has 0 fully saturated rings. The molecule has 0 aliphatic rings. The first-order valence-electron chi connectivity index (χ1n) is 6.94. The molecule has 0 atom stereocenters. The van der Waals surface area contributed by atoms with E-state index in [1.165, 1.54) is 6.07 Å². The number of aryl methyl sites for hydroxylation is 2. The van der Waals surface area contributed by atoms with E-state index in [2.05, 4.69) is 20.4 Å². The smallest absolute Gasteiger partial charge is 0.221 e. The highest BCUT2D eigenvalue weighted by atomic mass is 19.1. The van der Waals surface area contributed by atoms with E-state index >= 15 is 0 Å². The summed E-state index contributed by atoms with van der Waals surface area (Å²) < 4.78 is 15.9. The molecule has 1 N–H and O–H groups in total. The van der Waals surface area contributed by atoms with Crippen LogP contribution >= 0.6 is 0 Å². The highest BCUT2D eigenvalue weighted by Crippen LogP contribution is 2.21. The summed E-state index contributed by atoms with van der Waals surface area (Å²) in [6.07, 6.45) is 3.39. The van der Waals surface area contributed by atoms with Gasteiger partial charge in [-0.05, 0) is 36.2 Å². The summed E-state index contributed by atoms with van der Waals surface area (Å²) in [6, 6.07) is 8.93. The Kier molecular flexibility index (Phi) is 3.82. The maximum atomic E-state index is 14.2. The average molecular weight is 297 g/mol. The highest BCUT2D eigenvalue weighted by Gasteiger charge is 2.07. The van der Waals surface area contributed by atoms with E-state index in [0.717, 1.165) is 11.1 Å². The van der Waals surface area contributed by atoms with E-state index in [9.17, 15) is 4.39 Å². The molecule has 0 saturated carbocycles. The van der Waals surface area contributed by atoms with Crippen LogP contribution in [0.15, 0.2) is 42.7 Å². The molecule has 5 nitrogen and oxygen atoms in total. The van der Waals surface area contributed by atoms with Gasteiger partial charge < -0.3 is 5.32 Å². The van der Waals surface area contributed by atoms with Crippen molar-refractivity contribution in [1.29, 1.82) is 0 Å². The van der Waals surface area contributed by atoms with Gasteiger partial charge in [0.2, 0.25) is 5.95 Å². The average Bonchev–Trinajstić information content (AvgIpc) is 2.85. The Morgan fingerprint density at radius 2 is 1.91 bits per heavy atom. The number of anilines is 1. The third-order valence-electron chi connectivity index (χ3n) is 3.37. The second-order valence-electron chi connectivity index (χ2n) is 5.00. The number of nitrogens with one attached hydrogen (secondary N) is 1. The van der Waals surface area contributed by atoms with Gasteiger partial charge >= 0.3 is 0 Å². The van der Waals surface area contributed by atoms with Crippen LogP contribution < -0.4 is 5.32 Å². The molecule has 6 heteroatoms. The Labute approximate surface area is 127 Å². The van der Waals surface area contributed by atoms with Gasteiger partial charge in [-0.2, -0.15) is 10.1 Å². The van der Waals surface area contributed by atoms with Crippen molar-refractivity contribution in [3.05, 3.63) is 59.9 Å². The van der Waals surface area contributed by atoms with E-state index in [0.29, 0.717) is 23.9 Å². The SMILES string of the molecule is Cc1nc(NCc2ccc(-c3ccncc3)cc2F)n(C)n1.